The number of aromatic nitrogens is 1. The van der Waals surface area contributed by atoms with E-state index in [1.54, 1.807) is 61.8 Å². The third-order valence-electron chi connectivity index (χ3n) is 3.25. The highest BCUT2D eigenvalue weighted by Gasteiger charge is 2.16. The number of hydrogen-bond acceptors (Lipinski definition) is 4. The summed E-state index contributed by atoms with van der Waals surface area (Å²) in [6.07, 6.45) is 1.58. The van der Waals surface area contributed by atoms with E-state index in [-0.39, 0.29) is 4.90 Å². The maximum absolute atomic E-state index is 12.4. The second-order valence-corrected chi connectivity index (χ2v) is 6.32. The molecular formula is C16H14N2O3S. The fourth-order valence-corrected chi connectivity index (χ4v) is 3.30. The zero-order valence-corrected chi connectivity index (χ0v) is 12.7. The lowest BCUT2D eigenvalue weighted by molar-refractivity contribution is 0.419. The van der Waals surface area contributed by atoms with E-state index in [4.69, 9.17) is 4.74 Å². The minimum atomic E-state index is -3.66. The van der Waals surface area contributed by atoms with E-state index >= 15 is 0 Å². The predicted octanol–water partition coefficient (Wildman–Crippen LogP) is 3.04. The Hall–Kier alpha value is -2.60. The van der Waals surface area contributed by atoms with Crippen LogP contribution in [0.25, 0.3) is 10.9 Å². The second kappa shape index (κ2) is 5.65. The standard InChI is InChI=1S/C16H14N2O3S/c1-21-15-10-11-17-16-13(15)8-5-9-14(16)18-22(19,20)12-6-3-2-4-7-12/h2-11,18H,1H3. The Kier molecular flexibility index (Phi) is 3.68. The molecule has 1 heterocycles. The van der Waals surface area contributed by atoms with Crippen LogP contribution in [0.5, 0.6) is 5.75 Å². The molecule has 22 heavy (non-hydrogen) atoms. The van der Waals surface area contributed by atoms with Crippen LogP contribution in [0.3, 0.4) is 0 Å². The number of sulfonamides is 1. The van der Waals surface area contributed by atoms with E-state index < -0.39 is 10.0 Å². The highest BCUT2D eigenvalue weighted by molar-refractivity contribution is 7.92. The van der Waals surface area contributed by atoms with Gasteiger partial charge in [-0.3, -0.25) is 9.71 Å². The molecule has 0 saturated carbocycles. The van der Waals surface area contributed by atoms with Crippen molar-refractivity contribution in [2.24, 2.45) is 0 Å². The average molecular weight is 314 g/mol. The van der Waals surface area contributed by atoms with Crippen molar-refractivity contribution in [3.05, 3.63) is 60.8 Å². The van der Waals surface area contributed by atoms with Crippen LogP contribution >= 0.6 is 0 Å². The molecule has 0 bridgehead atoms. The predicted molar refractivity (Wildman–Crippen MR) is 85.5 cm³/mol. The number of nitrogens with zero attached hydrogens (tertiary/aromatic N) is 1. The van der Waals surface area contributed by atoms with Gasteiger partial charge in [0, 0.05) is 11.6 Å². The topological polar surface area (TPSA) is 68.3 Å². The monoisotopic (exact) mass is 314 g/mol. The number of pyridine rings is 1. The van der Waals surface area contributed by atoms with Crippen molar-refractivity contribution in [2.45, 2.75) is 4.90 Å². The summed E-state index contributed by atoms with van der Waals surface area (Å²) in [5.41, 5.74) is 0.960. The second-order valence-electron chi connectivity index (χ2n) is 4.63. The largest absolute Gasteiger partial charge is 0.496 e. The Morgan fingerprint density at radius 2 is 1.77 bits per heavy atom. The van der Waals surface area contributed by atoms with Gasteiger partial charge in [-0.15, -0.1) is 0 Å². The van der Waals surface area contributed by atoms with Gasteiger partial charge in [-0.05, 0) is 30.3 Å². The van der Waals surface area contributed by atoms with Crippen LogP contribution in [0.1, 0.15) is 0 Å². The molecule has 1 N–H and O–H groups in total. The minimum absolute atomic E-state index is 0.204. The van der Waals surface area contributed by atoms with Crippen LogP contribution in [0.4, 0.5) is 5.69 Å². The molecule has 6 heteroatoms. The van der Waals surface area contributed by atoms with Gasteiger partial charge in [-0.2, -0.15) is 0 Å². The molecule has 3 rings (SSSR count). The van der Waals surface area contributed by atoms with Gasteiger partial charge in [-0.25, -0.2) is 8.42 Å². The first kappa shape index (κ1) is 14.3. The molecule has 0 aliphatic rings. The number of para-hydroxylation sites is 1. The Labute approximate surface area is 128 Å². The summed E-state index contributed by atoms with van der Waals surface area (Å²) in [5.74, 6) is 0.644. The van der Waals surface area contributed by atoms with Gasteiger partial charge in [0.2, 0.25) is 0 Å². The number of benzene rings is 2. The van der Waals surface area contributed by atoms with Gasteiger partial charge in [-0.1, -0.05) is 24.3 Å². The first-order chi connectivity index (χ1) is 10.6. The number of methoxy groups -OCH3 is 1. The molecule has 0 amide bonds. The zero-order valence-electron chi connectivity index (χ0n) is 11.9. The molecule has 0 unspecified atom stereocenters. The highest BCUT2D eigenvalue weighted by Crippen LogP contribution is 2.29. The van der Waals surface area contributed by atoms with Gasteiger partial charge in [0.05, 0.1) is 23.2 Å². The summed E-state index contributed by atoms with van der Waals surface area (Å²) in [6, 6.07) is 15.2. The van der Waals surface area contributed by atoms with E-state index in [1.807, 2.05) is 6.07 Å². The summed E-state index contributed by atoms with van der Waals surface area (Å²) >= 11 is 0. The van der Waals surface area contributed by atoms with Crippen molar-refractivity contribution < 1.29 is 13.2 Å². The summed E-state index contributed by atoms with van der Waals surface area (Å²) in [4.78, 5) is 4.46. The minimum Gasteiger partial charge on any atom is -0.496 e. The van der Waals surface area contributed by atoms with Gasteiger partial charge in [0.15, 0.2) is 0 Å². The number of hydrogen-bond donors (Lipinski definition) is 1. The van der Waals surface area contributed by atoms with E-state index in [0.717, 1.165) is 5.39 Å². The maximum Gasteiger partial charge on any atom is 0.261 e. The molecule has 1 aromatic heterocycles. The molecule has 2 aromatic carbocycles. The quantitative estimate of drug-likeness (QED) is 0.803. The molecular weight excluding hydrogens is 300 g/mol. The van der Waals surface area contributed by atoms with E-state index in [0.29, 0.717) is 17.0 Å². The molecule has 3 aromatic rings. The van der Waals surface area contributed by atoms with Crippen LogP contribution in [0.15, 0.2) is 65.7 Å². The summed E-state index contributed by atoms with van der Waals surface area (Å²) in [5, 5.41) is 0.748. The fraction of sp³-hybridized carbons (Fsp3) is 0.0625. The molecule has 0 atom stereocenters. The van der Waals surface area contributed by atoms with Crippen molar-refractivity contribution in [1.29, 1.82) is 0 Å². The Bertz CT molecular complexity index is 909. The number of anilines is 1. The average Bonchev–Trinajstić information content (AvgIpc) is 2.55. The summed E-state index contributed by atoms with van der Waals surface area (Å²) in [6.45, 7) is 0. The SMILES string of the molecule is COc1ccnc2c(NS(=O)(=O)c3ccccc3)cccc12. The third-order valence-corrected chi connectivity index (χ3v) is 4.63. The van der Waals surface area contributed by atoms with Crippen LogP contribution < -0.4 is 9.46 Å². The lowest BCUT2D eigenvalue weighted by Gasteiger charge is -2.11. The lowest BCUT2D eigenvalue weighted by Crippen LogP contribution is -2.13. The van der Waals surface area contributed by atoms with Crippen molar-refractivity contribution in [3.8, 4) is 5.75 Å². The van der Waals surface area contributed by atoms with E-state index in [1.165, 1.54) is 0 Å². The van der Waals surface area contributed by atoms with Crippen LogP contribution in [-0.2, 0) is 10.0 Å². The molecule has 112 valence electrons. The highest BCUT2D eigenvalue weighted by atomic mass is 32.2. The van der Waals surface area contributed by atoms with Crippen molar-refractivity contribution in [1.82, 2.24) is 4.98 Å². The molecule has 0 aliphatic carbocycles. The fourth-order valence-electron chi connectivity index (χ4n) is 2.21. The van der Waals surface area contributed by atoms with E-state index in [9.17, 15) is 8.42 Å². The number of fused-ring (bicyclic) bond motifs is 1. The van der Waals surface area contributed by atoms with Gasteiger partial charge < -0.3 is 4.74 Å². The summed E-state index contributed by atoms with van der Waals surface area (Å²) in [7, 11) is -2.09. The first-order valence-electron chi connectivity index (χ1n) is 6.61. The molecule has 0 saturated heterocycles. The smallest absolute Gasteiger partial charge is 0.261 e. The molecule has 0 radical (unpaired) electrons. The van der Waals surface area contributed by atoms with Gasteiger partial charge >= 0.3 is 0 Å². The van der Waals surface area contributed by atoms with Gasteiger partial charge in [0.25, 0.3) is 10.0 Å². The zero-order chi connectivity index (χ0) is 15.6. The van der Waals surface area contributed by atoms with Crippen molar-refractivity contribution >= 4 is 26.6 Å². The Balaban J connectivity index is 2.09. The number of rotatable bonds is 4. The normalized spacial score (nSPS) is 11.3. The lowest BCUT2D eigenvalue weighted by atomic mass is 10.2. The van der Waals surface area contributed by atoms with Crippen molar-refractivity contribution in [3.63, 3.8) is 0 Å². The third kappa shape index (κ3) is 2.60. The van der Waals surface area contributed by atoms with E-state index in [2.05, 4.69) is 9.71 Å². The molecule has 0 fully saturated rings. The number of nitrogens with one attached hydrogen (secondary N) is 1. The molecule has 0 spiro atoms. The molecule has 5 nitrogen and oxygen atoms in total. The first-order valence-corrected chi connectivity index (χ1v) is 8.10. The maximum atomic E-state index is 12.4. The summed E-state index contributed by atoms with van der Waals surface area (Å²) < 4.78 is 32.7. The Morgan fingerprint density at radius 1 is 1.00 bits per heavy atom. The van der Waals surface area contributed by atoms with Crippen molar-refractivity contribution in [2.75, 3.05) is 11.8 Å². The van der Waals surface area contributed by atoms with Crippen LogP contribution in [-0.4, -0.2) is 20.5 Å². The molecule has 0 aliphatic heterocycles. The number of ether oxygens (including phenoxy) is 1. The van der Waals surface area contributed by atoms with Crippen LogP contribution in [0.2, 0.25) is 0 Å². The van der Waals surface area contributed by atoms with Gasteiger partial charge in [0.1, 0.15) is 5.75 Å². The van der Waals surface area contributed by atoms with Crippen LogP contribution in [0, 0.1) is 0 Å². The Morgan fingerprint density at radius 3 is 2.50 bits per heavy atom.